The van der Waals surface area contributed by atoms with Crippen molar-refractivity contribution < 1.29 is 14.3 Å². The van der Waals surface area contributed by atoms with E-state index in [1.807, 2.05) is 18.2 Å². The van der Waals surface area contributed by atoms with Gasteiger partial charge in [-0.15, -0.1) is 24.8 Å². The van der Waals surface area contributed by atoms with Crippen LogP contribution in [0, 0.1) is 0 Å². The summed E-state index contributed by atoms with van der Waals surface area (Å²) in [5, 5.41) is 2.83. The number of nitrogens with one attached hydrogen (secondary N) is 1. The predicted molar refractivity (Wildman–Crippen MR) is 129 cm³/mol. The number of anilines is 1. The van der Waals surface area contributed by atoms with Gasteiger partial charge in [0.25, 0.3) is 0 Å². The van der Waals surface area contributed by atoms with Crippen LogP contribution < -0.4 is 5.32 Å². The third-order valence-corrected chi connectivity index (χ3v) is 4.91. The van der Waals surface area contributed by atoms with Crippen LogP contribution in [-0.2, 0) is 9.53 Å². The standard InChI is InChI=1S/C23H27N3O3.2ClH/c1-29-23(28)20-11-5-6-12-21(20)24-22(27)18-26-16-14-25(15-17-26)13-7-10-19-8-3-2-4-9-19;;/h2-12H,13-18H2,1H3,(H,24,27);2*1H. The molecule has 0 bridgehead atoms. The number of carbonyl (C=O) groups is 2. The molecule has 0 aliphatic carbocycles. The quantitative estimate of drug-likeness (QED) is 0.633. The maximum Gasteiger partial charge on any atom is 0.339 e. The maximum atomic E-state index is 12.4. The number of rotatable bonds is 7. The molecule has 0 aromatic heterocycles. The Morgan fingerprint density at radius 2 is 1.55 bits per heavy atom. The second-order valence-corrected chi connectivity index (χ2v) is 6.98. The van der Waals surface area contributed by atoms with Gasteiger partial charge in [-0.25, -0.2) is 4.79 Å². The van der Waals surface area contributed by atoms with Crippen LogP contribution in [0.25, 0.3) is 6.08 Å². The molecule has 1 N–H and O–H groups in total. The predicted octanol–water partition coefficient (Wildman–Crippen LogP) is 3.59. The van der Waals surface area contributed by atoms with Gasteiger partial charge < -0.3 is 10.1 Å². The molecule has 1 aliphatic rings. The van der Waals surface area contributed by atoms with Crippen molar-refractivity contribution in [2.75, 3.05) is 51.7 Å². The average Bonchev–Trinajstić information content (AvgIpc) is 2.75. The summed E-state index contributed by atoms with van der Waals surface area (Å²) in [6.07, 6.45) is 4.32. The lowest BCUT2D eigenvalue weighted by atomic mass is 10.2. The number of hydrogen-bond donors (Lipinski definition) is 1. The molecule has 0 atom stereocenters. The lowest BCUT2D eigenvalue weighted by Crippen LogP contribution is -2.48. The number of hydrogen-bond acceptors (Lipinski definition) is 5. The molecular weight excluding hydrogens is 437 g/mol. The van der Waals surface area contributed by atoms with Gasteiger partial charge in [-0.1, -0.05) is 54.6 Å². The van der Waals surface area contributed by atoms with Crippen molar-refractivity contribution in [1.29, 1.82) is 0 Å². The van der Waals surface area contributed by atoms with Crippen molar-refractivity contribution in [3.63, 3.8) is 0 Å². The molecular formula is C23H29Cl2N3O3. The van der Waals surface area contributed by atoms with Crippen LogP contribution in [0.2, 0.25) is 0 Å². The highest BCUT2D eigenvalue weighted by Crippen LogP contribution is 2.16. The van der Waals surface area contributed by atoms with E-state index in [4.69, 9.17) is 4.74 Å². The number of halogens is 2. The molecule has 2 aromatic rings. The zero-order chi connectivity index (χ0) is 20.5. The number of benzene rings is 2. The van der Waals surface area contributed by atoms with E-state index in [9.17, 15) is 9.59 Å². The molecule has 1 fully saturated rings. The lowest BCUT2D eigenvalue weighted by Gasteiger charge is -2.33. The Morgan fingerprint density at radius 3 is 2.23 bits per heavy atom. The van der Waals surface area contributed by atoms with E-state index in [1.165, 1.54) is 12.7 Å². The normalized spacial score (nSPS) is 14.4. The number of para-hydroxylation sites is 1. The van der Waals surface area contributed by atoms with Crippen LogP contribution in [-0.4, -0.2) is 68.1 Å². The van der Waals surface area contributed by atoms with Crippen molar-refractivity contribution in [3.8, 4) is 0 Å². The zero-order valence-corrected chi connectivity index (χ0v) is 19.2. The highest BCUT2D eigenvalue weighted by atomic mass is 35.5. The molecule has 1 aliphatic heterocycles. The molecule has 0 saturated carbocycles. The maximum absolute atomic E-state index is 12.4. The molecule has 8 heteroatoms. The third-order valence-electron chi connectivity index (χ3n) is 4.91. The Kier molecular flexibility index (Phi) is 11.9. The molecule has 6 nitrogen and oxygen atoms in total. The first-order valence-corrected chi connectivity index (χ1v) is 9.79. The van der Waals surface area contributed by atoms with Gasteiger partial charge in [-0.05, 0) is 17.7 Å². The van der Waals surface area contributed by atoms with Gasteiger partial charge in [0, 0.05) is 32.7 Å². The minimum absolute atomic E-state index is 0. The molecule has 31 heavy (non-hydrogen) atoms. The van der Waals surface area contributed by atoms with Crippen molar-refractivity contribution in [2.24, 2.45) is 0 Å². The summed E-state index contributed by atoms with van der Waals surface area (Å²) in [4.78, 5) is 28.8. The summed E-state index contributed by atoms with van der Waals surface area (Å²) in [5.41, 5.74) is 2.04. The van der Waals surface area contributed by atoms with E-state index >= 15 is 0 Å². The fourth-order valence-corrected chi connectivity index (χ4v) is 3.30. The van der Waals surface area contributed by atoms with Crippen LogP contribution in [0.15, 0.2) is 60.7 Å². The van der Waals surface area contributed by atoms with Crippen LogP contribution in [0.5, 0.6) is 0 Å². The summed E-state index contributed by atoms with van der Waals surface area (Å²) in [6.45, 7) is 4.73. The molecule has 1 heterocycles. The van der Waals surface area contributed by atoms with Gasteiger partial charge in [-0.2, -0.15) is 0 Å². The van der Waals surface area contributed by atoms with E-state index in [1.54, 1.807) is 24.3 Å². The molecule has 2 aromatic carbocycles. The van der Waals surface area contributed by atoms with Crippen molar-refractivity contribution in [3.05, 3.63) is 71.8 Å². The van der Waals surface area contributed by atoms with Crippen LogP contribution in [0.4, 0.5) is 5.69 Å². The van der Waals surface area contributed by atoms with Crippen molar-refractivity contribution in [1.82, 2.24) is 9.80 Å². The Morgan fingerprint density at radius 1 is 0.935 bits per heavy atom. The Labute approximate surface area is 196 Å². The van der Waals surface area contributed by atoms with E-state index in [2.05, 4.69) is 39.4 Å². The van der Waals surface area contributed by atoms with Gasteiger partial charge >= 0.3 is 5.97 Å². The van der Waals surface area contributed by atoms with Gasteiger partial charge in [0.05, 0.1) is 24.9 Å². The molecule has 3 rings (SSSR count). The molecule has 0 spiro atoms. The summed E-state index contributed by atoms with van der Waals surface area (Å²) in [5.74, 6) is -0.586. The highest BCUT2D eigenvalue weighted by Gasteiger charge is 2.19. The van der Waals surface area contributed by atoms with Gasteiger partial charge in [0.15, 0.2) is 0 Å². The van der Waals surface area contributed by atoms with Crippen molar-refractivity contribution in [2.45, 2.75) is 0 Å². The monoisotopic (exact) mass is 465 g/mol. The Bertz CT molecular complexity index is 854. The number of methoxy groups -OCH3 is 1. The first-order valence-electron chi connectivity index (χ1n) is 9.79. The Hall–Kier alpha value is -2.38. The van der Waals surface area contributed by atoms with E-state index in [0.717, 1.165) is 32.7 Å². The van der Waals surface area contributed by atoms with Gasteiger partial charge in [-0.3, -0.25) is 14.6 Å². The number of amides is 1. The second kappa shape index (κ2) is 13.8. The topological polar surface area (TPSA) is 61.9 Å². The van der Waals surface area contributed by atoms with Gasteiger partial charge in [0.1, 0.15) is 0 Å². The zero-order valence-electron chi connectivity index (χ0n) is 17.5. The molecule has 1 amide bonds. The number of esters is 1. The lowest BCUT2D eigenvalue weighted by molar-refractivity contribution is -0.117. The fourth-order valence-electron chi connectivity index (χ4n) is 3.30. The van der Waals surface area contributed by atoms with Crippen LogP contribution in [0.3, 0.4) is 0 Å². The molecule has 168 valence electrons. The number of nitrogens with zero attached hydrogens (tertiary/aromatic N) is 2. The highest BCUT2D eigenvalue weighted by molar-refractivity contribution is 6.01. The molecule has 1 saturated heterocycles. The van der Waals surface area contributed by atoms with E-state index < -0.39 is 5.97 Å². The largest absolute Gasteiger partial charge is 0.465 e. The summed E-state index contributed by atoms with van der Waals surface area (Å²) in [7, 11) is 1.33. The van der Waals surface area contributed by atoms with E-state index in [0.29, 0.717) is 17.8 Å². The number of carbonyl (C=O) groups excluding carboxylic acids is 2. The smallest absolute Gasteiger partial charge is 0.339 e. The molecule has 0 radical (unpaired) electrons. The van der Waals surface area contributed by atoms with Crippen LogP contribution in [0.1, 0.15) is 15.9 Å². The number of ether oxygens (including phenoxy) is 1. The van der Waals surface area contributed by atoms with Gasteiger partial charge in [0.2, 0.25) is 5.91 Å². The summed E-state index contributed by atoms with van der Waals surface area (Å²) < 4.78 is 4.77. The Balaban J connectivity index is 0.00000240. The summed E-state index contributed by atoms with van der Waals surface area (Å²) >= 11 is 0. The van der Waals surface area contributed by atoms with Crippen molar-refractivity contribution >= 4 is 48.5 Å². The first-order chi connectivity index (χ1) is 14.2. The molecule has 0 unspecified atom stereocenters. The number of piperazine rings is 1. The fraction of sp³-hybridized carbons (Fsp3) is 0.304. The minimum atomic E-state index is -0.460. The third kappa shape index (κ3) is 8.34. The van der Waals surface area contributed by atoms with E-state index in [-0.39, 0.29) is 30.7 Å². The average molecular weight is 466 g/mol. The summed E-state index contributed by atoms with van der Waals surface area (Å²) in [6, 6.07) is 17.1. The van der Waals surface area contributed by atoms with Crippen LogP contribution >= 0.6 is 24.8 Å². The minimum Gasteiger partial charge on any atom is -0.465 e. The first kappa shape index (κ1) is 26.7. The second-order valence-electron chi connectivity index (χ2n) is 6.98. The SMILES string of the molecule is COC(=O)c1ccccc1NC(=O)CN1CCN(CC=Cc2ccccc2)CC1.Cl.Cl.